The number of hydrogen-bond donors (Lipinski definition) is 1. The van der Waals surface area contributed by atoms with Crippen molar-refractivity contribution >= 4 is 17.3 Å². The molecule has 0 radical (unpaired) electrons. The van der Waals surface area contributed by atoms with Gasteiger partial charge in [-0.15, -0.1) is 0 Å². The van der Waals surface area contributed by atoms with Gasteiger partial charge < -0.3 is 10.1 Å². The highest BCUT2D eigenvalue weighted by Gasteiger charge is 2.19. The number of nitrogens with one attached hydrogen (secondary N) is 1. The van der Waals surface area contributed by atoms with E-state index in [1.807, 2.05) is 6.92 Å². The predicted octanol–water partition coefficient (Wildman–Crippen LogP) is 4.34. The molecule has 130 valence electrons. The molecule has 1 heterocycles. The lowest BCUT2D eigenvalue weighted by atomic mass is 10.1. The average Bonchev–Trinajstić information content (AvgIpc) is 2.65. The molecule has 1 amide bonds. The van der Waals surface area contributed by atoms with Crippen LogP contribution in [0, 0.1) is 17.0 Å². The fourth-order valence-electron chi connectivity index (χ4n) is 2.40. The lowest BCUT2D eigenvalue weighted by molar-refractivity contribution is -0.385. The summed E-state index contributed by atoms with van der Waals surface area (Å²) < 4.78 is 5.74. The van der Waals surface area contributed by atoms with Crippen LogP contribution >= 0.6 is 0 Å². The molecule has 0 bridgehead atoms. The molecule has 0 aliphatic carbocycles. The minimum Gasteiger partial charge on any atom is -0.455 e. The smallest absolute Gasteiger partial charge is 0.282 e. The van der Waals surface area contributed by atoms with E-state index in [-0.39, 0.29) is 11.3 Å². The van der Waals surface area contributed by atoms with E-state index in [0.717, 1.165) is 5.56 Å². The molecular weight excluding hydrogens is 334 g/mol. The second-order valence-corrected chi connectivity index (χ2v) is 5.50. The third-order valence-electron chi connectivity index (χ3n) is 3.64. The molecule has 0 aliphatic heterocycles. The number of carbonyl (C=O) groups is 1. The second kappa shape index (κ2) is 7.43. The minimum absolute atomic E-state index is 0.00541. The van der Waals surface area contributed by atoms with Crippen molar-refractivity contribution in [3.05, 3.63) is 88.2 Å². The highest BCUT2D eigenvalue weighted by molar-refractivity contribution is 6.07. The normalized spacial score (nSPS) is 10.2. The first-order chi connectivity index (χ1) is 12.5. The number of carbonyl (C=O) groups excluding carboxylic acids is 1. The zero-order valence-electron chi connectivity index (χ0n) is 13.9. The Labute approximate surface area is 149 Å². The van der Waals surface area contributed by atoms with Gasteiger partial charge in [0, 0.05) is 18.0 Å². The first-order valence-corrected chi connectivity index (χ1v) is 7.78. The molecule has 1 aromatic heterocycles. The first-order valence-electron chi connectivity index (χ1n) is 7.78. The van der Waals surface area contributed by atoms with Crippen molar-refractivity contribution in [3.8, 4) is 11.5 Å². The highest BCUT2D eigenvalue weighted by Crippen LogP contribution is 2.27. The summed E-state index contributed by atoms with van der Waals surface area (Å²) >= 11 is 0. The van der Waals surface area contributed by atoms with Crippen LogP contribution in [0.2, 0.25) is 0 Å². The number of nitrogens with zero attached hydrogens (tertiary/aromatic N) is 2. The number of amides is 1. The van der Waals surface area contributed by atoms with Crippen molar-refractivity contribution in [2.75, 3.05) is 5.32 Å². The molecule has 7 nitrogen and oxygen atoms in total. The average molecular weight is 349 g/mol. The first kappa shape index (κ1) is 17.1. The number of pyridine rings is 1. The molecule has 3 rings (SSSR count). The Bertz CT molecular complexity index is 958. The molecule has 0 unspecified atom stereocenters. The van der Waals surface area contributed by atoms with Crippen LogP contribution in [0.3, 0.4) is 0 Å². The lowest BCUT2D eigenvalue weighted by Crippen LogP contribution is -2.14. The fraction of sp³-hybridized carbons (Fsp3) is 0.0526. The summed E-state index contributed by atoms with van der Waals surface area (Å²) in [6.07, 6.45) is 3.25. The van der Waals surface area contributed by atoms with Crippen molar-refractivity contribution in [1.82, 2.24) is 4.98 Å². The largest absolute Gasteiger partial charge is 0.455 e. The van der Waals surface area contributed by atoms with Crippen LogP contribution < -0.4 is 10.1 Å². The number of nitro groups is 1. The molecule has 0 atom stereocenters. The lowest BCUT2D eigenvalue weighted by Gasteiger charge is -2.11. The van der Waals surface area contributed by atoms with E-state index in [0.29, 0.717) is 17.2 Å². The van der Waals surface area contributed by atoms with E-state index in [2.05, 4.69) is 10.3 Å². The van der Waals surface area contributed by atoms with E-state index < -0.39 is 10.8 Å². The Balaban J connectivity index is 1.78. The van der Waals surface area contributed by atoms with Crippen LogP contribution in [-0.2, 0) is 0 Å². The third kappa shape index (κ3) is 3.84. The molecular formula is C19H15N3O4. The maximum atomic E-state index is 12.4. The van der Waals surface area contributed by atoms with E-state index in [1.165, 1.54) is 18.2 Å². The highest BCUT2D eigenvalue weighted by atomic mass is 16.6. The van der Waals surface area contributed by atoms with Crippen LogP contribution in [0.1, 0.15) is 15.9 Å². The monoisotopic (exact) mass is 349 g/mol. The summed E-state index contributed by atoms with van der Waals surface area (Å²) in [5.74, 6) is 0.687. The Morgan fingerprint density at radius 2 is 1.96 bits per heavy atom. The number of hydrogen-bond acceptors (Lipinski definition) is 5. The van der Waals surface area contributed by atoms with E-state index in [1.54, 1.807) is 48.8 Å². The molecule has 7 heteroatoms. The number of nitro benzene ring substituents is 1. The summed E-state index contributed by atoms with van der Waals surface area (Å²) in [5.41, 5.74) is 1.09. The number of aryl methyl sites for hydroxylation is 1. The predicted molar refractivity (Wildman–Crippen MR) is 96.5 cm³/mol. The van der Waals surface area contributed by atoms with E-state index in [9.17, 15) is 14.9 Å². The van der Waals surface area contributed by atoms with Crippen LogP contribution in [0.5, 0.6) is 11.5 Å². The summed E-state index contributed by atoms with van der Waals surface area (Å²) in [6.45, 7) is 1.84. The zero-order chi connectivity index (χ0) is 18.5. The van der Waals surface area contributed by atoms with Gasteiger partial charge in [0.05, 0.1) is 11.1 Å². The molecule has 0 fully saturated rings. The molecule has 1 N–H and O–H groups in total. The number of benzene rings is 2. The van der Waals surface area contributed by atoms with Gasteiger partial charge in [0.2, 0.25) is 0 Å². The van der Waals surface area contributed by atoms with Gasteiger partial charge in [-0.3, -0.25) is 19.9 Å². The van der Waals surface area contributed by atoms with Crippen LogP contribution in [-0.4, -0.2) is 15.8 Å². The second-order valence-electron chi connectivity index (χ2n) is 5.50. The van der Waals surface area contributed by atoms with Crippen LogP contribution in [0.4, 0.5) is 11.4 Å². The zero-order valence-corrected chi connectivity index (χ0v) is 13.9. The number of anilines is 1. The molecule has 2 aromatic carbocycles. The summed E-state index contributed by atoms with van der Waals surface area (Å²) in [5, 5.41) is 13.7. The quantitative estimate of drug-likeness (QED) is 0.546. The topological polar surface area (TPSA) is 94.4 Å². The SMILES string of the molecule is Cc1cc(NC(=O)c2ccccc2[N+](=O)[O-])ccc1Oc1cccnc1. The molecule has 3 aromatic rings. The summed E-state index contributed by atoms with van der Waals surface area (Å²) in [6, 6.07) is 14.5. The fourth-order valence-corrected chi connectivity index (χ4v) is 2.40. The summed E-state index contributed by atoms with van der Waals surface area (Å²) in [7, 11) is 0. The molecule has 0 saturated carbocycles. The Morgan fingerprint density at radius 1 is 1.15 bits per heavy atom. The van der Waals surface area contributed by atoms with Gasteiger partial charge in [-0.25, -0.2) is 0 Å². The van der Waals surface area contributed by atoms with Gasteiger partial charge in [-0.2, -0.15) is 0 Å². The van der Waals surface area contributed by atoms with Gasteiger partial charge in [-0.1, -0.05) is 12.1 Å². The van der Waals surface area contributed by atoms with Crippen molar-refractivity contribution in [2.45, 2.75) is 6.92 Å². The number of aromatic nitrogens is 1. The van der Waals surface area contributed by atoms with E-state index in [4.69, 9.17) is 4.74 Å². The molecule has 0 saturated heterocycles. The third-order valence-corrected chi connectivity index (χ3v) is 3.64. The van der Waals surface area contributed by atoms with Crippen molar-refractivity contribution in [3.63, 3.8) is 0 Å². The van der Waals surface area contributed by atoms with Crippen LogP contribution in [0.25, 0.3) is 0 Å². The van der Waals surface area contributed by atoms with Gasteiger partial charge in [0.1, 0.15) is 17.1 Å². The molecule has 26 heavy (non-hydrogen) atoms. The number of ether oxygens (including phenoxy) is 1. The summed E-state index contributed by atoms with van der Waals surface area (Å²) in [4.78, 5) is 26.8. The Kier molecular flexibility index (Phi) is 4.89. The molecule has 0 spiro atoms. The maximum Gasteiger partial charge on any atom is 0.282 e. The number of para-hydroxylation sites is 1. The number of rotatable bonds is 5. The van der Waals surface area contributed by atoms with Crippen molar-refractivity contribution in [2.24, 2.45) is 0 Å². The van der Waals surface area contributed by atoms with Gasteiger partial charge in [0.25, 0.3) is 11.6 Å². The van der Waals surface area contributed by atoms with Gasteiger partial charge in [-0.05, 0) is 48.9 Å². The van der Waals surface area contributed by atoms with Gasteiger partial charge >= 0.3 is 0 Å². The van der Waals surface area contributed by atoms with Gasteiger partial charge in [0.15, 0.2) is 0 Å². The van der Waals surface area contributed by atoms with E-state index >= 15 is 0 Å². The Hall–Kier alpha value is -3.74. The van der Waals surface area contributed by atoms with Crippen LogP contribution in [0.15, 0.2) is 67.0 Å². The maximum absolute atomic E-state index is 12.4. The molecule has 0 aliphatic rings. The van der Waals surface area contributed by atoms with Crippen molar-refractivity contribution < 1.29 is 14.5 Å². The standard InChI is InChI=1S/C19H15N3O4/c1-13-11-14(8-9-18(13)26-15-5-4-10-20-12-15)21-19(23)16-6-2-3-7-17(16)22(24)25/h2-12H,1H3,(H,21,23). The van der Waals surface area contributed by atoms with Crippen molar-refractivity contribution in [1.29, 1.82) is 0 Å². The minimum atomic E-state index is -0.578. The Morgan fingerprint density at radius 3 is 2.65 bits per heavy atom.